The summed E-state index contributed by atoms with van der Waals surface area (Å²) < 4.78 is 20.0. The molecule has 5 nitrogen and oxygen atoms in total. The summed E-state index contributed by atoms with van der Waals surface area (Å²) in [6.07, 6.45) is 6.20. The predicted molar refractivity (Wildman–Crippen MR) is 87.5 cm³/mol. The van der Waals surface area contributed by atoms with Crippen LogP contribution in [0.1, 0.15) is 29.6 Å². The fourth-order valence-electron chi connectivity index (χ4n) is 2.45. The van der Waals surface area contributed by atoms with Gasteiger partial charge in [-0.25, -0.2) is 9.37 Å². The molecular formula is C18H18FN3O2. The minimum absolute atomic E-state index is 0.0147. The first-order chi connectivity index (χ1) is 11.6. The summed E-state index contributed by atoms with van der Waals surface area (Å²) >= 11 is 0. The van der Waals surface area contributed by atoms with Crippen molar-refractivity contribution in [3.8, 4) is 5.69 Å². The van der Waals surface area contributed by atoms with Crippen molar-refractivity contribution in [2.24, 2.45) is 0 Å². The Morgan fingerprint density at radius 2 is 2.12 bits per heavy atom. The molecule has 0 aliphatic rings. The van der Waals surface area contributed by atoms with Crippen molar-refractivity contribution in [3.05, 3.63) is 72.5 Å². The lowest BCUT2D eigenvalue weighted by Gasteiger charge is -2.14. The first-order valence-electron chi connectivity index (χ1n) is 7.75. The van der Waals surface area contributed by atoms with Gasteiger partial charge < -0.3 is 9.73 Å². The Kier molecular flexibility index (Phi) is 4.74. The number of carbonyl (C=O) groups is 1. The van der Waals surface area contributed by atoms with Gasteiger partial charge in [-0.15, -0.1) is 0 Å². The Hall–Kier alpha value is -2.89. The fourth-order valence-corrected chi connectivity index (χ4v) is 2.45. The number of imidazole rings is 1. The Balaban J connectivity index is 1.65. The molecule has 3 aromatic rings. The molecule has 24 heavy (non-hydrogen) atoms. The lowest BCUT2D eigenvalue weighted by Crippen LogP contribution is -2.34. The lowest BCUT2D eigenvalue weighted by molar-refractivity contribution is 0.0931. The van der Waals surface area contributed by atoms with Crippen molar-refractivity contribution in [1.29, 1.82) is 0 Å². The van der Waals surface area contributed by atoms with E-state index in [9.17, 15) is 9.18 Å². The van der Waals surface area contributed by atoms with Gasteiger partial charge in [0, 0.05) is 18.2 Å². The molecule has 1 amide bonds. The Morgan fingerprint density at radius 3 is 2.83 bits per heavy atom. The highest BCUT2D eigenvalue weighted by atomic mass is 19.1. The molecule has 2 aromatic heterocycles. The normalized spacial score (nSPS) is 12.1. The molecule has 1 aromatic carbocycles. The standard InChI is InChI=1S/C18H18FN3O2/c1-13(4-9-16-3-2-10-24-16)21-18(23)17-11-20-12-22(17)15-7-5-14(19)6-8-15/h2-3,5-8,10-13H,4,9H2,1H3,(H,21,23). The molecule has 1 atom stereocenters. The number of carbonyl (C=O) groups excluding carboxylic acids is 1. The van der Waals surface area contributed by atoms with E-state index in [2.05, 4.69) is 10.3 Å². The second-order valence-electron chi connectivity index (χ2n) is 5.62. The highest BCUT2D eigenvalue weighted by Gasteiger charge is 2.15. The van der Waals surface area contributed by atoms with Gasteiger partial charge in [-0.2, -0.15) is 0 Å². The van der Waals surface area contributed by atoms with Crippen LogP contribution in [0.3, 0.4) is 0 Å². The second-order valence-corrected chi connectivity index (χ2v) is 5.62. The lowest BCUT2D eigenvalue weighted by atomic mass is 10.1. The number of benzene rings is 1. The maximum Gasteiger partial charge on any atom is 0.270 e. The molecule has 0 fully saturated rings. The van der Waals surface area contributed by atoms with E-state index in [1.165, 1.54) is 24.7 Å². The monoisotopic (exact) mass is 327 g/mol. The third-order valence-corrected chi connectivity index (χ3v) is 3.76. The molecule has 0 aliphatic carbocycles. The quantitative estimate of drug-likeness (QED) is 0.755. The summed E-state index contributed by atoms with van der Waals surface area (Å²) in [4.78, 5) is 16.5. The van der Waals surface area contributed by atoms with E-state index in [0.29, 0.717) is 11.4 Å². The van der Waals surface area contributed by atoms with E-state index < -0.39 is 0 Å². The van der Waals surface area contributed by atoms with E-state index >= 15 is 0 Å². The number of aryl methyl sites for hydroxylation is 1. The molecule has 1 unspecified atom stereocenters. The van der Waals surface area contributed by atoms with Crippen LogP contribution in [0.2, 0.25) is 0 Å². The van der Waals surface area contributed by atoms with Crippen molar-refractivity contribution < 1.29 is 13.6 Å². The predicted octanol–water partition coefficient (Wildman–Crippen LogP) is 3.36. The van der Waals surface area contributed by atoms with Crippen LogP contribution in [-0.4, -0.2) is 21.5 Å². The van der Waals surface area contributed by atoms with E-state index in [1.54, 1.807) is 23.0 Å². The molecule has 1 N–H and O–H groups in total. The maximum absolute atomic E-state index is 13.0. The Bertz CT molecular complexity index is 794. The van der Waals surface area contributed by atoms with Crippen LogP contribution in [0.25, 0.3) is 5.69 Å². The van der Waals surface area contributed by atoms with Gasteiger partial charge in [0.15, 0.2) is 0 Å². The minimum atomic E-state index is -0.323. The van der Waals surface area contributed by atoms with Gasteiger partial charge in [0.25, 0.3) is 5.91 Å². The van der Waals surface area contributed by atoms with E-state index in [-0.39, 0.29) is 17.8 Å². The van der Waals surface area contributed by atoms with Crippen LogP contribution in [0.4, 0.5) is 4.39 Å². The second kappa shape index (κ2) is 7.12. The maximum atomic E-state index is 13.0. The molecule has 0 saturated heterocycles. The summed E-state index contributed by atoms with van der Waals surface area (Å²) in [7, 11) is 0. The van der Waals surface area contributed by atoms with Gasteiger partial charge in [0.05, 0.1) is 18.8 Å². The molecule has 0 spiro atoms. The molecule has 6 heteroatoms. The Labute approximate surface area is 139 Å². The number of amides is 1. The molecular weight excluding hydrogens is 309 g/mol. The van der Waals surface area contributed by atoms with Crippen molar-refractivity contribution in [2.75, 3.05) is 0 Å². The van der Waals surface area contributed by atoms with Gasteiger partial charge in [0.2, 0.25) is 0 Å². The molecule has 124 valence electrons. The van der Waals surface area contributed by atoms with Crippen molar-refractivity contribution >= 4 is 5.91 Å². The zero-order chi connectivity index (χ0) is 16.9. The van der Waals surface area contributed by atoms with E-state index in [0.717, 1.165) is 18.6 Å². The Morgan fingerprint density at radius 1 is 1.33 bits per heavy atom. The van der Waals surface area contributed by atoms with Gasteiger partial charge in [-0.05, 0) is 49.7 Å². The summed E-state index contributed by atoms with van der Waals surface area (Å²) in [5, 5.41) is 2.95. The van der Waals surface area contributed by atoms with Gasteiger partial charge in [-0.3, -0.25) is 9.36 Å². The van der Waals surface area contributed by atoms with Crippen molar-refractivity contribution in [1.82, 2.24) is 14.9 Å². The van der Waals surface area contributed by atoms with E-state index in [1.807, 2.05) is 19.1 Å². The average Bonchev–Trinajstić information content (AvgIpc) is 3.25. The number of halogens is 1. The topological polar surface area (TPSA) is 60.1 Å². The molecule has 0 radical (unpaired) electrons. The first-order valence-corrected chi connectivity index (χ1v) is 7.75. The number of aromatic nitrogens is 2. The number of hydrogen-bond donors (Lipinski definition) is 1. The van der Waals surface area contributed by atoms with Crippen LogP contribution >= 0.6 is 0 Å². The van der Waals surface area contributed by atoms with Crippen molar-refractivity contribution in [2.45, 2.75) is 25.8 Å². The molecule has 0 aliphatic heterocycles. The number of furan rings is 1. The van der Waals surface area contributed by atoms with Crippen LogP contribution in [0, 0.1) is 5.82 Å². The summed E-state index contributed by atoms with van der Waals surface area (Å²) in [5.74, 6) is 0.354. The highest BCUT2D eigenvalue weighted by Crippen LogP contribution is 2.13. The van der Waals surface area contributed by atoms with Crippen LogP contribution in [-0.2, 0) is 6.42 Å². The van der Waals surface area contributed by atoms with Gasteiger partial charge in [0.1, 0.15) is 17.3 Å². The van der Waals surface area contributed by atoms with Crippen molar-refractivity contribution in [3.63, 3.8) is 0 Å². The number of rotatable bonds is 6. The fraction of sp³-hybridized carbons (Fsp3) is 0.222. The number of nitrogens with one attached hydrogen (secondary N) is 1. The minimum Gasteiger partial charge on any atom is -0.469 e. The number of hydrogen-bond acceptors (Lipinski definition) is 3. The third kappa shape index (κ3) is 3.71. The SMILES string of the molecule is CC(CCc1ccco1)NC(=O)c1cncn1-c1ccc(F)cc1. The zero-order valence-corrected chi connectivity index (χ0v) is 13.3. The summed E-state index contributed by atoms with van der Waals surface area (Å²) in [6, 6.07) is 9.66. The first kappa shape index (κ1) is 16.0. The molecule has 2 heterocycles. The van der Waals surface area contributed by atoms with Crippen LogP contribution in [0.5, 0.6) is 0 Å². The van der Waals surface area contributed by atoms with Gasteiger partial charge >= 0.3 is 0 Å². The molecule has 0 bridgehead atoms. The molecule has 0 saturated carbocycles. The van der Waals surface area contributed by atoms with Gasteiger partial charge in [-0.1, -0.05) is 0 Å². The van der Waals surface area contributed by atoms with Crippen LogP contribution in [0.15, 0.2) is 59.6 Å². The highest BCUT2D eigenvalue weighted by molar-refractivity contribution is 5.93. The smallest absolute Gasteiger partial charge is 0.270 e. The largest absolute Gasteiger partial charge is 0.469 e. The summed E-state index contributed by atoms with van der Waals surface area (Å²) in [6.45, 7) is 1.94. The average molecular weight is 327 g/mol. The molecule has 3 rings (SSSR count). The van der Waals surface area contributed by atoms with E-state index in [4.69, 9.17) is 4.42 Å². The third-order valence-electron chi connectivity index (χ3n) is 3.76. The summed E-state index contributed by atoms with van der Waals surface area (Å²) in [5.41, 5.74) is 1.09. The number of nitrogens with zero attached hydrogens (tertiary/aromatic N) is 2. The zero-order valence-electron chi connectivity index (χ0n) is 13.3. The van der Waals surface area contributed by atoms with Crippen LogP contribution < -0.4 is 5.32 Å².